The molecule has 0 atom stereocenters. The van der Waals surface area contributed by atoms with Crippen LogP contribution >= 0.6 is 0 Å². The second-order valence-corrected chi connectivity index (χ2v) is 7.21. The van der Waals surface area contributed by atoms with E-state index in [2.05, 4.69) is 19.7 Å². The highest BCUT2D eigenvalue weighted by atomic mass is 19.4. The van der Waals surface area contributed by atoms with Gasteiger partial charge in [0.1, 0.15) is 0 Å². The first-order valence-corrected chi connectivity index (χ1v) is 9.10. The number of alkyl halides is 3. The minimum atomic E-state index is -4.62. The van der Waals surface area contributed by atoms with E-state index in [1.165, 1.54) is 0 Å². The highest BCUT2D eigenvalue weighted by Gasteiger charge is 2.38. The molecule has 2 aromatic heterocycles. The van der Waals surface area contributed by atoms with Crippen molar-refractivity contribution in [2.24, 2.45) is 5.92 Å². The van der Waals surface area contributed by atoms with Crippen LogP contribution in [0.3, 0.4) is 0 Å². The Morgan fingerprint density at radius 2 is 1.96 bits per heavy atom. The van der Waals surface area contributed by atoms with Crippen LogP contribution in [0.1, 0.15) is 42.3 Å². The first-order valence-electron chi connectivity index (χ1n) is 9.10. The van der Waals surface area contributed by atoms with Crippen molar-refractivity contribution in [1.82, 2.24) is 24.9 Å². The van der Waals surface area contributed by atoms with Gasteiger partial charge < -0.3 is 4.42 Å². The number of hydrogen-bond donors (Lipinski definition) is 0. The molecule has 1 saturated heterocycles. The molecule has 0 unspecified atom stereocenters. The van der Waals surface area contributed by atoms with Crippen LogP contribution in [0, 0.1) is 5.92 Å². The smallest absolute Gasteiger partial charge is 0.416 e. The van der Waals surface area contributed by atoms with Crippen molar-refractivity contribution < 1.29 is 17.6 Å². The number of hydrogen-bond acceptors (Lipinski definition) is 6. The molecule has 10 heteroatoms. The van der Waals surface area contributed by atoms with Gasteiger partial charge in [0, 0.05) is 12.6 Å². The number of halogens is 3. The van der Waals surface area contributed by atoms with E-state index in [0.717, 1.165) is 43.4 Å². The maximum Gasteiger partial charge on any atom is 0.470 e. The zero-order valence-electron chi connectivity index (χ0n) is 14.7. The van der Waals surface area contributed by atoms with Gasteiger partial charge >= 0.3 is 12.1 Å². The van der Waals surface area contributed by atoms with Crippen molar-refractivity contribution in [3.8, 4) is 0 Å². The van der Waals surface area contributed by atoms with Crippen molar-refractivity contribution in [3.05, 3.63) is 39.5 Å². The van der Waals surface area contributed by atoms with Gasteiger partial charge in [-0.15, -0.1) is 10.2 Å². The number of rotatable bonds is 4. The molecule has 0 aromatic carbocycles. The predicted molar refractivity (Wildman–Crippen MR) is 87.8 cm³/mol. The first-order chi connectivity index (χ1) is 12.9. The number of aryl methyl sites for hydroxylation is 2. The zero-order valence-corrected chi connectivity index (χ0v) is 14.7. The number of likely N-dealkylation sites (tertiary alicyclic amines) is 1. The molecule has 1 aliphatic carbocycles. The highest BCUT2D eigenvalue weighted by molar-refractivity contribution is 5.22. The van der Waals surface area contributed by atoms with Crippen LogP contribution in [0.2, 0.25) is 0 Å². The number of piperidine rings is 1. The van der Waals surface area contributed by atoms with E-state index in [4.69, 9.17) is 0 Å². The molecule has 0 saturated carbocycles. The Bertz CT molecular complexity index is 868. The molecule has 3 heterocycles. The Kier molecular flexibility index (Phi) is 4.75. The summed E-state index contributed by atoms with van der Waals surface area (Å²) in [6.07, 6.45) is -0.0259. The maximum atomic E-state index is 12.5. The summed E-state index contributed by atoms with van der Waals surface area (Å²) in [5.74, 6) is -1.02. The lowest BCUT2D eigenvalue weighted by Crippen LogP contribution is -2.36. The van der Waals surface area contributed by atoms with Crippen molar-refractivity contribution >= 4 is 0 Å². The van der Waals surface area contributed by atoms with Crippen molar-refractivity contribution in [2.75, 3.05) is 13.1 Å². The summed E-state index contributed by atoms with van der Waals surface area (Å²) in [6.45, 7) is 2.19. The molecule has 0 spiro atoms. The Labute approximate surface area is 153 Å². The van der Waals surface area contributed by atoms with Crippen molar-refractivity contribution in [1.29, 1.82) is 0 Å². The van der Waals surface area contributed by atoms with Crippen LogP contribution in [-0.2, 0) is 32.1 Å². The molecular weight excluding hydrogens is 363 g/mol. The first kappa shape index (κ1) is 18.1. The fourth-order valence-corrected chi connectivity index (χ4v) is 3.77. The second kappa shape index (κ2) is 7.06. The van der Waals surface area contributed by atoms with Crippen LogP contribution < -0.4 is 5.56 Å². The molecule has 146 valence electrons. The van der Waals surface area contributed by atoms with Crippen LogP contribution in [0.25, 0.3) is 0 Å². The van der Waals surface area contributed by atoms with Gasteiger partial charge in [0.15, 0.2) is 0 Å². The Morgan fingerprint density at radius 1 is 1.19 bits per heavy atom. The van der Waals surface area contributed by atoms with Crippen LogP contribution in [0.4, 0.5) is 13.2 Å². The number of aromatic nitrogens is 4. The van der Waals surface area contributed by atoms with Gasteiger partial charge in [-0.3, -0.25) is 9.69 Å². The Balaban J connectivity index is 1.32. The molecule has 7 nitrogen and oxygen atoms in total. The Morgan fingerprint density at radius 3 is 2.67 bits per heavy atom. The monoisotopic (exact) mass is 383 g/mol. The third kappa shape index (κ3) is 4.05. The van der Waals surface area contributed by atoms with E-state index in [1.807, 2.05) is 4.90 Å². The van der Waals surface area contributed by atoms with E-state index >= 15 is 0 Å². The average molecular weight is 383 g/mol. The minimum absolute atomic E-state index is 0.0303. The molecule has 2 aliphatic rings. The van der Waals surface area contributed by atoms with Crippen molar-refractivity contribution in [2.45, 2.75) is 51.4 Å². The van der Waals surface area contributed by atoms with Gasteiger partial charge in [-0.1, -0.05) is 0 Å². The van der Waals surface area contributed by atoms with Crippen LogP contribution in [0.15, 0.2) is 15.3 Å². The van der Waals surface area contributed by atoms with E-state index in [0.29, 0.717) is 25.6 Å². The molecule has 0 N–H and O–H groups in total. The lowest BCUT2D eigenvalue weighted by atomic mass is 9.97. The lowest BCUT2D eigenvalue weighted by Gasteiger charge is -2.31. The van der Waals surface area contributed by atoms with Crippen LogP contribution in [-0.4, -0.2) is 38.0 Å². The van der Waals surface area contributed by atoms with Gasteiger partial charge in [-0.05, 0) is 56.7 Å². The van der Waals surface area contributed by atoms with E-state index in [9.17, 15) is 18.0 Å². The molecule has 1 aliphatic heterocycles. The fraction of sp³-hybridized carbons (Fsp3) is 0.647. The summed E-state index contributed by atoms with van der Waals surface area (Å²) >= 11 is 0. The quantitative estimate of drug-likeness (QED) is 0.804. The third-order valence-electron chi connectivity index (χ3n) is 5.23. The molecule has 27 heavy (non-hydrogen) atoms. The normalized spacial score (nSPS) is 18.8. The topological polar surface area (TPSA) is 77.1 Å². The summed E-state index contributed by atoms with van der Waals surface area (Å²) < 4.78 is 43.8. The summed E-state index contributed by atoms with van der Waals surface area (Å²) in [7, 11) is 0. The fourth-order valence-electron chi connectivity index (χ4n) is 3.77. The van der Waals surface area contributed by atoms with Crippen molar-refractivity contribution in [3.63, 3.8) is 0 Å². The average Bonchev–Trinajstić information content (AvgIpc) is 3.25. The Hall–Kier alpha value is -2.23. The van der Waals surface area contributed by atoms with E-state index in [1.54, 1.807) is 10.7 Å². The molecule has 0 radical (unpaired) electrons. The molecular formula is C17H20F3N5O2. The number of fused-ring (bicyclic) bond motifs is 1. The maximum absolute atomic E-state index is 12.5. The molecule has 4 rings (SSSR count). The SMILES string of the molecule is O=c1cc2c(nn1CC1CCN(Cc3nnc(C(F)(F)F)o3)CC1)CCC2. The van der Waals surface area contributed by atoms with Crippen LogP contribution in [0.5, 0.6) is 0 Å². The predicted octanol–water partition coefficient (Wildman–Crippen LogP) is 2.05. The van der Waals surface area contributed by atoms with E-state index in [-0.39, 0.29) is 18.0 Å². The standard InChI is InChI=1S/C17H20F3N5O2/c18-17(19,20)16-22-21-14(27-16)10-24-6-4-11(5-7-24)9-25-15(26)8-12-2-1-3-13(12)23-25/h8,11H,1-7,9-10H2. The summed E-state index contributed by atoms with van der Waals surface area (Å²) in [5, 5.41) is 11.0. The summed E-state index contributed by atoms with van der Waals surface area (Å²) in [6, 6.07) is 1.71. The summed E-state index contributed by atoms with van der Waals surface area (Å²) in [5.41, 5.74) is 2.05. The zero-order chi connectivity index (χ0) is 19.0. The summed E-state index contributed by atoms with van der Waals surface area (Å²) in [4.78, 5) is 14.2. The molecule has 2 aromatic rings. The van der Waals surface area contributed by atoms with Gasteiger partial charge in [0.05, 0.1) is 12.2 Å². The number of nitrogens with zero attached hydrogens (tertiary/aromatic N) is 5. The highest BCUT2D eigenvalue weighted by Crippen LogP contribution is 2.28. The van der Waals surface area contributed by atoms with Gasteiger partial charge in [-0.25, -0.2) is 4.68 Å². The van der Waals surface area contributed by atoms with E-state index < -0.39 is 12.1 Å². The minimum Gasteiger partial charge on any atom is -0.416 e. The third-order valence-corrected chi connectivity index (χ3v) is 5.23. The van der Waals surface area contributed by atoms with Gasteiger partial charge in [0.25, 0.3) is 5.56 Å². The lowest BCUT2D eigenvalue weighted by molar-refractivity contribution is -0.157. The molecule has 0 amide bonds. The van der Waals surface area contributed by atoms with Gasteiger partial charge in [0.2, 0.25) is 5.89 Å². The molecule has 0 bridgehead atoms. The largest absolute Gasteiger partial charge is 0.470 e. The van der Waals surface area contributed by atoms with Gasteiger partial charge in [-0.2, -0.15) is 18.3 Å². The second-order valence-electron chi connectivity index (χ2n) is 7.21. The molecule has 1 fully saturated rings.